The van der Waals surface area contributed by atoms with Crippen LogP contribution >= 0.6 is 22.6 Å². The molecule has 0 amide bonds. The van der Waals surface area contributed by atoms with Crippen LogP contribution in [-0.2, 0) is 0 Å². The van der Waals surface area contributed by atoms with Gasteiger partial charge in [-0.05, 0) is 46.8 Å². The number of anilines is 1. The van der Waals surface area contributed by atoms with Crippen LogP contribution in [0.4, 0.5) is 5.82 Å². The number of hydrogen-bond acceptors (Lipinski definition) is 3. The summed E-state index contributed by atoms with van der Waals surface area (Å²) < 4.78 is 1.15. The zero-order valence-corrected chi connectivity index (χ0v) is 12.9. The number of rotatable bonds is 1. The highest BCUT2D eigenvalue weighted by Crippen LogP contribution is 2.35. The molecule has 1 saturated heterocycles. The van der Waals surface area contributed by atoms with Crippen molar-refractivity contribution in [3.05, 3.63) is 16.1 Å². The molecule has 0 saturated carbocycles. The van der Waals surface area contributed by atoms with Gasteiger partial charge in [0.25, 0.3) is 0 Å². The second kappa shape index (κ2) is 5.08. The normalized spacial score (nSPS) is 18.5. The lowest BCUT2D eigenvalue weighted by molar-refractivity contribution is 0.198. The van der Waals surface area contributed by atoms with Crippen LogP contribution in [-0.4, -0.2) is 23.1 Å². The van der Waals surface area contributed by atoms with E-state index >= 15 is 0 Å². The van der Waals surface area contributed by atoms with Crippen molar-refractivity contribution in [3.8, 4) is 0 Å². The Kier molecular flexibility index (Phi) is 3.90. The topological polar surface area (TPSA) is 29.0 Å². The minimum Gasteiger partial charge on any atom is -0.356 e. The summed E-state index contributed by atoms with van der Waals surface area (Å²) in [6.07, 6.45) is 6.07. The molecule has 0 N–H and O–H groups in total. The molecule has 1 aliphatic rings. The summed E-state index contributed by atoms with van der Waals surface area (Å²) in [6, 6.07) is 0. The van der Waals surface area contributed by atoms with E-state index in [1.807, 2.05) is 6.20 Å². The highest BCUT2D eigenvalue weighted by Gasteiger charge is 2.29. The SMILES string of the molecule is CC(C)(C)C1CCN(c2ncncc2I)CC1. The summed E-state index contributed by atoms with van der Waals surface area (Å²) >= 11 is 2.32. The summed E-state index contributed by atoms with van der Waals surface area (Å²) in [4.78, 5) is 10.8. The van der Waals surface area contributed by atoms with E-state index in [2.05, 4.69) is 58.2 Å². The van der Waals surface area contributed by atoms with Crippen LogP contribution in [0.5, 0.6) is 0 Å². The fourth-order valence-corrected chi connectivity index (χ4v) is 3.14. The number of hydrogen-bond donors (Lipinski definition) is 0. The molecule has 17 heavy (non-hydrogen) atoms. The fraction of sp³-hybridized carbons (Fsp3) is 0.692. The highest BCUT2D eigenvalue weighted by molar-refractivity contribution is 14.1. The zero-order valence-electron chi connectivity index (χ0n) is 10.8. The second-order valence-corrected chi connectivity index (χ2v) is 6.98. The number of aromatic nitrogens is 2. The monoisotopic (exact) mass is 345 g/mol. The predicted molar refractivity (Wildman–Crippen MR) is 79.1 cm³/mol. The third-order valence-electron chi connectivity index (χ3n) is 3.67. The Hall–Kier alpha value is -0.390. The largest absolute Gasteiger partial charge is 0.356 e. The average molecular weight is 345 g/mol. The van der Waals surface area contributed by atoms with Gasteiger partial charge in [0.1, 0.15) is 12.1 Å². The molecular formula is C13H20IN3. The van der Waals surface area contributed by atoms with Crippen molar-refractivity contribution in [2.75, 3.05) is 18.0 Å². The Morgan fingerprint density at radius 2 is 1.94 bits per heavy atom. The van der Waals surface area contributed by atoms with Gasteiger partial charge in [0.15, 0.2) is 0 Å². The number of piperidine rings is 1. The molecule has 1 aliphatic heterocycles. The Balaban J connectivity index is 2.03. The lowest BCUT2D eigenvalue weighted by Gasteiger charge is -2.39. The van der Waals surface area contributed by atoms with E-state index in [0.29, 0.717) is 5.41 Å². The van der Waals surface area contributed by atoms with E-state index in [4.69, 9.17) is 0 Å². The first-order chi connectivity index (χ1) is 7.98. The van der Waals surface area contributed by atoms with Gasteiger partial charge in [-0.3, -0.25) is 0 Å². The van der Waals surface area contributed by atoms with E-state index in [0.717, 1.165) is 28.4 Å². The maximum Gasteiger partial charge on any atom is 0.145 e. The van der Waals surface area contributed by atoms with Crippen molar-refractivity contribution in [2.24, 2.45) is 11.3 Å². The first-order valence-electron chi connectivity index (χ1n) is 6.19. The molecule has 0 atom stereocenters. The van der Waals surface area contributed by atoms with Crippen molar-refractivity contribution in [1.29, 1.82) is 0 Å². The Labute approximate surface area is 117 Å². The lowest BCUT2D eigenvalue weighted by atomic mass is 9.75. The molecule has 0 spiro atoms. The quantitative estimate of drug-likeness (QED) is 0.731. The van der Waals surface area contributed by atoms with Gasteiger partial charge < -0.3 is 4.90 Å². The van der Waals surface area contributed by atoms with Crippen molar-refractivity contribution < 1.29 is 0 Å². The van der Waals surface area contributed by atoms with Crippen LogP contribution < -0.4 is 4.90 Å². The van der Waals surface area contributed by atoms with E-state index in [-0.39, 0.29) is 0 Å². The molecule has 0 unspecified atom stereocenters. The van der Waals surface area contributed by atoms with Crippen LogP contribution in [0.2, 0.25) is 0 Å². The molecule has 3 nitrogen and oxygen atoms in total. The summed E-state index contributed by atoms with van der Waals surface area (Å²) in [7, 11) is 0. The second-order valence-electron chi connectivity index (χ2n) is 5.82. The van der Waals surface area contributed by atoms with Gasteiger partial charge in [-0.2, -0.15) is 0 Å². The predicted octanol–water partition coefficient (Wildman–Crippen LogP) is 3.34. The van der Waals surface area contributed by atoms with Gasteiger partial charge in [-0.15, -0.1) is 0 Å². The number of halogens is 1. The molecule has 4 heteroatoms. The van der Waals surface area contributed by atoms with Gasteiger partial charge in [0.2, 0.25) is 0 Å². The molecule has 94 valence electrons. The Morgan fingerprint density at radius 3 is 2.47 bits per heavy atom. The van der Waals surface area contributed by atoms with Crippen LogP contribution in [0.3, 0.4) is 0 Å². The lowest BCUT2D eigenvalue weighted by Crippen LogP contribution is -2.38. The van der Waals surface area contributed by atoms with E-state index in [1.54, 1.807) is 6.33 Å². The Bertz CT molecular complexity index is 378. The maximum absolute atomic E-state index is 4.40. The maximum atomic E-state index is 4.40. The molecule has 0 bridgehead atoms. The highest BCUT2D eigenvalue weighted by atomic mass is 127. The minimum atomic E-state index is 0.435. The number of nitrogens with zero attached hydrogens (tertiary/aromatic N) is 3. The fourth-order valence-electron chi connectivity index (χ4n) is 2.50. The molecule has 1 fully saturated rings. The Morgan fingerprint density at radius 1 is 1.29 bits per heavy atom. The van der Waals surface area contributed by atoms with E-state index < -0.39 is 0 Å². The van der Waals surface area contributed by atoms with Crippen LogP contribution in [0.1, 0.15) is 33.6 Å². The molecule has 1 aromatic rings. The van der Waals surface area contributed by atoms with Gasteiger partial charge in [-0.25, -0.2) is 9.97 Å². The third-order valence-corrected chi connectivity index (χ3v) is 4.43. The van der Waals surface area contributed by atoms with Gasteiger partial charge in [-0.1, -0.05) is 20.8 Å². The zero-order chi connectivity index (χ0) is 12.5. The standard InChI is InChI=1S/C13H20IN3/c1-13(2,3)10-4-6-17(7-5-10)12-11(14)8-15-9-16-12/h8-10H,4-7H2,1-3H3. The summed E-state index contributed by atoms with van der Waals surface area (Å²) in [5.41, 5.74) is 0.435. The summed E-state index contributed by atoms with van der Waals surface area (Å²) in [6.45, 7) is 9.29. The molecule has 0 aromatic carbocycles. The molecule has 0 aliphatic carbocycles. The van der Waals surface area contributed by atoms with Gasteiger partial charge >= 0.3 is 0 Å². The first-order valence-corrected chi connectivity index (χ1v) is 7.27. The molecule has 1 aromatic heterocycles. The van der Waals surface area contributed by atoms with Gasteiger partial charge in [0.05, 0.1) is 3.57 Å². The van der Waals surface area contributed by atoms with Crippen molar-refractivity contribution in [3.63, 3.8) is 0 Å². The summed E-state index contributed by atoms with van der Waals surface area (Å²) in [5, 5.41) is 0. The molecule has 0 radical (unpaired) electrons. The third kappa shape index (κ3) is 3.09. The minimum absolute atomic E-state index is 0.435. The first kappa shape index (κ1) is 13.1. The molecule has 2 rings (SSSR count). The average Bonchev–Trinajstić information content (AvgIpc) is 2.29. The van der Waals surface area contributed by atoms with Crippen LogP contribution in [0.25, 0.3) is 0 Å². The van der Waals surface area contributed by atoms with Crippen molar-refractivity contribution >= 4 is 28.4 Å². The van der Waals surface area contributed by atoms with Crippen LogP contribution in [0.15, 0.2) is 12.5 Å². The van der Waals surface area contributed by atoms with Gasteiger partial charge in [0, 0.05) is 19.3 Å². The van der Waals surface area contributed by atoms with E-state index in [1.165, 1.54) is 12.8 Å². The molecular weight excluding hydrogens is 325 g/mol. The van der Waals surface area contributed by atoms with Crippen molar-refractivity contribution in [2.45, 2.75) is 33.6 Å². The smallest absolute Gasteiger partial charge is 0.145 e. The van der Waals surface area contributed by atoms with Crippen molar-refractivity contribution in [1.82, 2.24) is 9.97 Å². The molecule has 2 heterocycles. The van der Waals surface area contributed by atoms with E-state index in [9.17, 15) is 0 Å². The van der Waals surface area contributed by atoms with Crippen LogP contribution in [0, 0.1) is 14.9 Å². The summed E-state index contributed by atoms with van der Waals surface area (Å²) in [5.74, 6) is 1.94.